The average Bonchev–Trinajstić information content (AvgIpc) is 2.98. The van der Waals surface area contributed by atoms with Crippen molar-refractivity contribution in [3.8, 4) is 6.07 Å². The lowest BCUT2D eigenvalue weighted by Crippen LogP contribution is -2.36. The highest BCUT2D eigenvalue weighted by atomic mass is 32.2. The van der Waals surface area contributed by atoms with Crippen LogP contribution in [0.2, 0.25) is 0 Å². The summed E-state index contributed by atoms with van der Waals surface area (Å²) in [5.41, 5.74) is 1.71. The molecule has 0 fully saturated rings. The molecule has 1 aliphatic carbocycles. The van der Waals surface area contributed by atoms with Gasteiger partial charge in [0, 0.05) is 5.69 Å². The molecule has 0 aliphatic heterocycles. The molecule has 1 aromatic carbocycles. The third kappa shape index (κ3) is 2.73. The molecular weight excluding hydrogens is 314 g/mol. The monoisotopic (exact) mass is 329 g/mol. The van der Waals surface area contributed by atoms with E-state index in [1.165, 1.54) is 12.1 Å². The van der Waals surface area contributed by atoms with Crippen molar-refractivity contribution in [2.45, 2.75) is 31.1 Å². The normalized spacial score (nSPS) is 13.4. The molecule has 23 heavy (non-hydrogen) atoms. The number of aromatic nitrogens is 1. The van der Waals surface area contributed by atoms with E-state index in [1.54, 1.807) is 18.2 Å². The Morgan fingerprint density at radius 3 is 2.57 bits per heavy atom. The van der Waals surface area contributed by atoms with Crippen LogP contribution in [-0.4, -0.2) is 13.1 Å². The predicted molar refractivity (Wildman–Crippen MR) is 85.2 cm³/mol. The molecule has 0 radical (unpaired) electrons. The van der Waals surface area contributed by atoms with Gasteiger partial charge in [-0.25, -0.2) is 9.51 Å². The summed E-state index contributed by atoms with van der Waals surface area (Å²) in [5.74, 6) is 0. The van der Waals surface area contributed by atoms with E-state index in [0.717, 1.165) is 28.6 Å². The van der Waals surface area contributed by atoms with Crippen molar-refractivity contribution in [1.29, 1.82) is 5.26 Å². The van der Waals surface area contributed by atoms with Gasteiger partial charge >= 0.3 is 0 Å². The highest BCUT2D eigenvalue weighted by Gasteiger charge is 2.23. The van der Waals surface area contributed by atoms with Crippen LogP contribution < -0.4 is 10.4 Å². The first-order valence-corrected chi connectivity index (χ1v) is 8.68. The zero-order chi connectivity index (χ0) is 16.6. The van der Waals surface area contributed by atoms with Crippen molar-refractivity contribution in [3.05, 3.63) is 63.1 Å². The summed E-state index contributed by atoms with van der Waals surface area (Å²) in [5, 5.41) is 9.08. The Balaban J connectivity index is 2.10. The summed E-state index contributed by atoms with van der Waals surface area (Å²) >= 11 is 0. The van der Waals surface area contributed by atoms with Crippen LogP contribution >= 0.6 is 0 Å². The van der Waals surface area contributed by atoms with Crippen LogP contribution in [0, 0.1) is 18.3 Å². The Bertz CT molecular complexity index is 967. The van der Waals surface area contributed by atoms with Gasteiger partial charge in [-0.05, 0) is 49.9 Å². The Hall–Kier alpha value is -2.59. The van der Waals surface area contributed by atoms with Crippen molar-refractivity contribution < 1.29 is 8.42 Å². The minimum atomic E-state index is -3.90. The molecule has 2 aromatic rings. The van der Waals surface area contributed by atoms with Gasteiger partial charge in [0.05, 0.1) is 4.90 Å². The average molecular weight is 329 g/mol. The molecule has 0 saturated carbocycles. The van der Waals surface area contributed by atoms with Crippen LogP contribution in [0.3, 0.4) is 0 Å². The number of sulfonamides is 1. The molecular formula is C16H15N3O3S. The molecule has 1 aromatic heterocycles. The lowest BCUT2D eigenvalue weighted by Gasteiger charge is -2.15. The highest BCUT2D eigenvalue weighted by Crippen LogP contribution is 2.21. The first-order chi connectivity index (χ1) is 10.9. The molecule has 1 aliphatic rings. The SMILES string of the molecule is Cc1ccc(S(=O)(=O)Nn2c3c(cc(C#N)c2=O)CCC3)cc1. The number of benzene rings is 1. The van der Waals surface area contributed by atoms with Crippen molar-refractivity contribution in [3.63, 3.8) is 0 Å². The van der Waals surface area contributed by atoms with E-state index in [1.807, 2.05) is 13.0 Å². The molecule has 0 saturated heterocycles. The van der Waals surface area contributed by atoms with Gasteiger partial charge in [0.25, 0.3) is 15.6 Å². The fraction of sp³-hybridized carbons (Fsp3) is 0.250. The molecule has 0 atom stereocenters. The Kier molecular flexibility index (Phi) is 3.70. The second kappa shape index (κ2) is 5.56. The van der Waals surface area contributed by atoms with E-state index in [4.69, 9.17) is 5.26 Å². The van der Waals surface area contributed by atoms with Crippen molar-refractivity contribution in [1.82, 2.24) is 4.68 Å². The first-order valence-electron chi connectivity index (χ1n) is 7.20. The summed E-state index contributed by atoms with van der Waals surface area (Å²) in [7, 11) is -3.90. The van der Waals surface area contributed by atoms with Crippen LogP contribution in [0.5, 0.6) is 0 Å². The van der Waals surface area contributed by atoms with Gasteiger partial charge in [-0.1, -0.05) is 17.7 Å². The number of nitriles is 1. The second-order valence-electron chi connectivity index (χ2n) is 5.54. The second-order valence-corrected chi connectivity index (χ2v) is 7.20. The van der Waals surface area contributed by atoms with Gasteiger partial charge in [0.15, 0.2) is 0 Å². The van der Waals surface area contributed by atoms with Gasteiger partial charge in [-0.2, -0.15) is 13.7 Å². The minimum absolute atomic E-state index is 0.0581. The van der Waals surface area contributed by atoms with Crippen LogP contribution in [0.15, 0.2) is 40.0 Å². The fourth-order valence-electron chi connectivity index (χ4n) is 2.71. The highest BCUT2D eigenvalue weighted by molar-refractivity contribution is 7.92. The maximum atomic E-state index is 12.5. The van der Waals surface area contributed by atoms with Gasteiger partial charge < -0.3 is 0 Å². The summed E-state index contributed by atoms with van der Waals surface area (Å²) in [6, 6.07) is 9.73. The standard InChI is InChI=1S/C16H15N3O3S/c1-11-5-7-14(8-6-11)23(21,22)18-19-15-4-2-3-12(15)9-13(10-17)16(19)20/h5-9,18H,2-4H2,1H3. The molecule has 0 spiro atoms. The number of nitrogens with one attached hydrogen (secondary N) is 1. The van der Waals surface area contributed by atoms with Gasteiger partial charge in [0.1, 0.15) is 11.6 Å². The van der Waals surface area contributed by atoms with E-state index in [0.29, 0.717) is 12.1 Å². The number of hydrogen-bond acceptors (Lipinski definition) is 4. The van der Waals surface area contributed by atoms with Gasteiger partial charge in [-0.3, -0.25) is 4.79 Å². The third-order valence-electron chi connectivity index (χ3n) is 3.92. The number of hydrogen-bond donors (Lipinski definition) is 1. The topological polar surface area (TPSA) is 92.0 Å². The zero-order valence-corrected chi connectivity index (χ0v) is 13.4. The van der Waals surface area contributed by atoms with E-state index < -0.39 is 15.6 Å². The summed E-state index contributed by atoms with van der Waals surface area (Å²) < 4.78 is 26.0. The molecule has 1 heterocycles. The number of nitrogens with zero attached hydrogens (tertiary/aromatic N) is 2. The molecule has 118 valence electrons. The Morgan fingerprint density at radius 2 is 1.91 bits per heavy atom. The largest absolute Gasteiger partial charge is 0.287 e. The predicted octanol–water partition coefficient (Wildman–Crippen LogP) is 1.45. The fourth-order valence-corrected chi connectivity index (χ4v) is 3.74. The van der Waals surface area contributed by atoms with Gasteiger partial charge in [-0.15, -0.1) is 0 Å². The number of rotatable bonds is 3. The third-order valence-corrected chi connectivity index (χ3v) is 5.23. The first kappa shape index (κ1) is 15.3. The molecule has 7 heteroatoms. The van der Waals surface area contributed by atoms with Crippen molar-refractivity contribution in [2.75, 3.05) is 4.83 Å². The van der Waals surface area contributed by atoms with E-state index in [9.17, 15) is 13.2 Å². The number of pyridine rings is 1. The quantitative estimate of drug-likeness (QED) is 0.922. The van der Waals surface area contributed by atoms with Gasteiger partial charge in [0.2, 0.25) is 0 Å². The van der Waals surface area contributed by atoms with Crippen molar-refractivity contribution >= 4 is 10.0 Å². The smallest absolute Gasteiger partial charge is 0.266 e. The molecule has 0 unspecified atom stereocenters. The Labute approximate surface area is 134 Å². The van der Waals surface area contributed by atoms with E-state index in [-0.39, 0.29) is 10.5 Å². The summed E-state index contributed by atoms with van der Waals surface area (Å²) in [6.07, 6.45) is 2.17. The minimum Gasteiger partial charge on any atom is -0.266 e. The molecule has 0 bridgehead atoms. The van der Waals surface area contributed by atoms with Crippen LogP contribution in [0.1, 0.15) is 28.8 Å². The lowest BCUT2D eigenvalue weighted by molar-refractivity contribution is 0.593. The summed E-state index contributed by atoms with van der Waals surface area (Å²) in [6.45, 7) is 1.86. The van der Waals surface area contributed by atoms with Crippen molar-refractivity contribution in [2.24, 2.45) is 0 Å². The molecule has 0 amide bonds. The van der Waals surface area contributed by atoms with Crippen LogP contribution in [0.25, 0.3) is 0 Å². The molecule has 3 rings (SSSR count). The van der Waals surface area contributed by atoms with E-state index >= 15 is 0 Å². The molecule has 6 nitrogen and oxygen atoms in total. The summed E-state index contributed by atoms with van der Waals surface area (Å²) in [4.78, 5) is 14.7. The lowest BCUT2D eigenvalue weighted by atomic mass is 10.1. The van der Waals surface area contributed by atoms with Crippen LogP contribution in [-0.2, 0) is 22.9 Å². The Morgan fingerprint density at radius 1 is 1.22 bits per heavy atom. The van der Waals surface area contributed by atoms with Crippen LogP contribution in [0.4, 0.5) is 0 Å². The van der Waals surface area contributed by atoms with E-state index in [2.05, 4.69) is 4.83 Å². The molecule has 1 N–H and O–H groups in total. The zero-order valence-electron chi connectivity index (χ0n) is 12.5. The number of aryl methyl sites for hydroxylation is 2. The maximum absolute atomic E-state index is 12.5. The maximum Gasteiger partial charge on any atom is 0.287 e. The number of fused-ring (bicyclic) bond motifs is 1.